The van der Waals surface area contributed by atoms with E-state index in [2.05, 4.69) is 21.7 Å². The highest BCUT2D eigenvalue weighted by atomic mass is 32.1. The number of rotatable bonds is 5. The van der Waals surface area contributed by atoms with Gasteiger partial charge in [-0.2, -0.15) is 0 Å². The highest BCUT2D eigenvalue weighted by molar-refractivity contribution is 7.71. The third kappa shape index (κ3) is 3.02. The summed E-state index contributed by atoms with van der Waals surface area (Å²) in [5, 5.41) is 0. The Morgan fingerprint density at radius 2 is 1.95 bits per heavy atom. The van der Waals surface area contributed by atoms with Gasteiger partial charge in [-0.3, -0.25) is 0 Å². The van der Waals surface area contributed by atoms with Gasteiger partial charge in [0, 0.05) is 12.7 Å². The highest BCUT2D eigenvalue weighted by Crippen LogP contribution is 2.22. The minimum absolute atomic E-state index is 0.461. The lowest BCUT2D eigenvalue weighted by molar-refractivity contribution is 0.0530. The molecule has 0 aliphatic heterocycles. The van der Waals surface area contributed by atoms with E-state index in [0.717, 1.165) is 23.6 Å². The molecule has 0 atom stereocenters. The molecule has 0 spiro atoms. The molecule has 4 heteroatoms. The van der Waals surface area contributed by atoms with Crippen LogP contribution in [-0.2, 0) is 11.3 Å². The van der Waals surface area contributed by atoms with Crippen molar-refractivity contribution in [3.05, 3.63) is 41.3 Å². The average molecular weight is 288 g/mol. The van der Waals surface area contributed by atoms with E-state index in [1.54, 1.807) is 0 Å². The number of nitrogens with zero attached hydrogens (tertiary/aromatic N) is 1. The lowest BCUT2D eigenvalue weighted by Gasteiger charge is -2.13. The number of imidazole rings is 1. The molecule has 1 saturated carbocycles. The fourth-order valence-electron chi connectivity index (χ4n) is 2.83. The first-order chi connectivity index (χ1) is 9.84. The van der Waals surface area contributed by atoms with Gasteiger partial charge in [0.15, 0.2) is 4.77 Å². The van der Waals surface area contributed by atoms with Gasteiger partial charge in [0.2, 0.25) is 0 Å². The van der Waals surface area contributed by atoms with Crippen molar-refractivity contribution in [2.75, 3.05) is 6.61 Å². The predicted octanol–water partition coefficient (Wildman–Crippen LogP) is 4.17. The summed E-state index contributed by atoms with van der Waals surface area (Å²) in [5.41, 5.74) is 2.31. The van der Waals surface area contributed by atoms with Gasteiger partial charge in [-0.15, -0.1) is 0 Å². The summed E-state index contributed by atoms with van der Waals surface area (Å²) in [5.74, 6) is 0. The van der Waals surface area contributed by atoms with Crippen LogP contribution >= 0.6 is 12.2 Å². The molecule has 1 aliphatic carbocycles. The molecule has 1 aromatic carbocycles. The zero-order valence-corrected chi connectivity index (χ0v) is 12.4. The van der Waals surface area contributed by atoms with Crippen molar-refractivity contribution in [3.8, 4) is 11.3 Å². The summed E-state index contributed by atoms with van der Waals surface area (Å²) in [6, 6.07) is 10.3. The fraction of sp³-hybridized carbons (Fsp3) is 0.438. The Kier molecular flexibility index (Phi) is 4.33. The molecule has 0 radical (unpaired) electrons. The van der Waals surface area contributed by atoms with Crippen molar-refractivity contribution >= 4 is 12.2 Å². The number of H-pyrrole nitrogens is 1. The van der Waals surface area contributed by atoms with E-state index >= 15 is 0 Å². The second kappa shape index (κ2) is 6.37. The van der Waals surface area contributed by atoms with Gasteiger partial charge in [-0.1, -0.05) is 43.2 Å². The molecule has 20 heavy (non-hydrogen) atoms. The van der Waals surface area contributed by atoms with E-state index in [1.165, 1.54) is 31.2 Å². The largest absolute Gasteiger partial charge is 0.376 e. The Labute approximate surface area is 124 Å². The summed E-state index contributed by atoms with van der Waals surface area (Å²) < 4.78 is 8.83. The molecular weight excluding hydrogens is 268 g/mol. The Morgan fingerprint density at radius 3 is 2.70 bits per heavy atom. The van der Waals surface area contributed by atoms with Crippen molar-refractivity contribution < 1.29 is 4.74 Å². The van der Waals surface area contributed by atoms with Crippen LogP contribution in [0.5, 0.6) is 0 Å². The summed E-state index contributed by atoms with van der Waals surface area (Å²) in [6.07, 6.45) is 7.48. The summed E-state index contributed by atoms with van der Waals surface area (Å²) in [4.78, 5) is 3.14. The zero-order valence-electron chi connectivity index (χ0n) is 11.5. The van der Waals surface area contributed by atoms with E-state index in [9.17, 15) is 0 Å². The standard InChI is InChI=1S/C16H20N2OS/c20-16-17-12-15(13-6-2-1-3-7-13)18(16)10-11-19-14-8-4-5-9-14/h1-3,6-7,12,14H,4-5,8-11H2,(H,17,20). The molecule has 0 unspecified atom stereocenters. The second-order valence-electron chi connectivity index (χ2n) is 5.27. The van der Waals surface area contributed by atoms with Crippen LogP contribution in [0.25, 0.3) is 11.3 Å². The van der Waals surface area contributed by atoms with Crippen LogP contribution in [0.1, 0.15) is 25.7 Å². The first-order valence-corrected chi connectivity index (χ1v) is 7.70. The van der Waals surface area contributed by atoms with Gasteiger partial charge in [0.1, 0.15) is 0 Å². The van der Waals surface area contributed by atoms with Crippen LogP contribution in [-0.4, -0.2) is 22.3 Å². The van der Waals surface area contributed by atoms with Crippen molar-refractivity contribution in [2.45, 2.75) is 38.3 Å². The molecule has 1 aliphatic rings. The lowest BCUT2D eigenvalue weighted by atomic mass is 10.2. The third-order valence-corrected chi connectivity index (χ3v) is 4.25. The number of aromatic amines is 1. The Hall–Kier alpha value is -1.39. The van der Waals surface area contributed by atoms with Crippen LogP contribution in [0, 0.1) is 4.77 Å². The van der Waals surface area contributed by atoms with E-state index in [1.807, 2.05) is 24.4 Å². The van der Waals surface area contributed by atoms with Crippen molar-refractivity contribution in [2.24, 2.45) is 0 Å². The normalized spacial score (nSPS) is 15.8. The number of hydrogen-bond acceptors (Lipinski definition) is 2. The van der Waals surface area contributed by atoms with E-state index in [-0.39, 0.29) is 0 Å². The van der Waals surface area contributed by atoms with Crippen molar-refractivity contribution in [1.82, 2.24) is 9.55 Å². The summed E-state index contributed by atoms with van der Waals surface area (Å²) >= 11 is 5.37. The molecule has 106 valence electrons. The number of ether oxygens (including phenoxy) is 1. The number of benzene rings is 1. The van der Waals surface area contributed by atoms with Crippen molar-refractivity contribution in [3.63, 3.8) is 0 Å². The minimum atomic E-state index is 0.461. The summed E-state index contributed by atoms with van der Waals surface area (Å²) in [6.45, 7) is 1.54. The molecule has 3 rings (SSSR count). The maximum atomic E-state index is 5.94. The van der Waals surface area contributed by atoms with Gasteiger partial charge < -0.3 is 14.3 Å². The summed E-state index contributed by atoms with van der Waals surface area (Å²) in [7, 11) is 0. The fourth-order valence-corrected chi connectivity index (χ4v) is 3.08. The molecule has 0 bridgehead atoms. The Morgan fingerprint density at radius 1 is 1.20 bits per heavy atom. The van der Waals surface area contributed by atoms with Gasteiger partial charge in [0.25, 0.3) is 0 Å². The lowest BCUT2D eigenvalue weighted by Crippen LogP contribution is -2.13. The molecule has 2 aromatic rings. The van der Waals surface area contributed by atoms with Gasteiger partial charge in [-0.25, -0.2) is 0 Å². The van der Waals surface area contributed by atoms with Crippen LogP contribution in [0.3, 0.4) is 0 Å². The molecular formula is C16H20N2OS. The SMILES string of the molecule is S=c1[nH]cc(-c2ccccc2)n1CCOC1CCCC1. The molecule has 1 fully saturated rings. The first-order valence-electron chi connectivity index (χ1n) is 7.30. The second-order valence-corrected chi connectivity index (χ2v) is 5.66. The van der Waals surface area contributed by atoms with Crippen LogP contribution in [0.2, 0.25) is 0 Å². The maximum absolute atomic E-state index is 5.94. The van der Waals surface area contributed by atoms with Gasteiger partial charge in [0.05, 0.1) is 18.4 Å². The van der Waals surface area contributed by atoms with Gasteiger partial charge >= 0.3 is 0 Å². The maximum Gasteiger partial charge on any atom is 0.177 e. The molecule has 0 amide bonds. The predicted molar refractivity (Wildman–Crippen MR) is 83.3 cm³/mol. The first kappa shape index (κ1) is 13.6. The topological polar surface area (TPSA) is 29.9 Å². The monoisotopic (exact) mass is 288 g/mol. The van der Waals surface area contributed by atoms with Crippen LogP contribution < -0.4 is 0 Å². The Bertz CT molecular complexity index is 596. The molecule has 1 N–H and O–H groups in total. The quantitative estimate of drug-likeness (QED) is 0.837. The zero-order chi connectivity index (χ0) is 13.8. The Balaban J connectivity index is 1.69. The number of nitrogens with one attached hydrogen (secondary N) is 1. The minimum Gasteiger partial charge on any atom is -0.376 e. The smallest absolute Gasteiger partial charge is 0.177 e. The molecule has 3 nitrogen and oxygen atoms in total. The van der Waals surface area contributed by atoms with E-state index < -0.39 is 0 Å². The number of hydrogen-bond donors (Lipinski definition) is 1. The third-order valence-electron chi connectivity index (χ3n) is 3.91. The van der Waals surface area contributed by atoms with E-state index in [4.69, 9.17) is 17.0 Å². The van der Waals surface area contributed by atoms with Gasteiger partial charge in [-0.05, 0) is 30.6 Å². The van der Waals surface area contributed by atoms with Crippen molar-refractivity contribution in [1.29, 1.82) is 0 Å². The van der Waals surface area contributed by atoms with Crippen LogP contribution in [0.15, 0.2) is 36.5 Å². The van der Waals surface area contributed by atoms with Crippen LogP contribution in [0.4, 0.5) is 0 Å². The van der Waals surface area contributed by atoms with E-state index in [0.29, 0.717) is 6.10 Å². The molecule has 1 aromatic heterocycles. The highest BCUT2D eigenvalue weighted by Gasteiger charge is 2.15. The number of aromatic nitrogens is 2. The average Bonchev–Trinajstić information content (AvgIpc) is 3.11. The molecule has 0 saturated heterocycles. The molecule has 1 heterocycles.